The lowest BCUT2D eigenvalue weighted by Crippen LogP contribution is -2.02. The number of hydrogen-bond acceptors (Lipinski definition) is 1. The quantitative estimate of drug-likeness (QED) is 0.209. The SMILES string of the molecule is O=C(c1ccccc1)c1ccc2c(c1)CC(C=C(c1ccc(F)cc1)c1ccc(F)cc1)=C2c1ccccc1. The molecule has 0 saturated heterocycles. The van der Waals surface area contributed by atoms with E-state index in [-0.39, 0.29) is 17.4 Å². The van der Waals surface area contributed by atoms with E-state index in [0.717, 1.165) is 44.5 Å². The van der Waals surface area contributed by atoms with Crippen LogP contribution in [0.5, 0.6) is 0 Å². The number of carbonyl (C=O) groups is 1. The summed E-state index contributed by atoms with van der Waals surface area (Å²) in [6.07, 6.45) is 2.74. The van der Waals surface area contributed by atoms with Crippen molar-refractivity contribution in [3.8, 4) is 0 Å². The fourth-order valence-corrected chi connectivity index (χ4v) is 5.18. The molecular weight excluding hydrogens is 486 g/mol. The first kappa shape index (κ1) is 24.4. The fourth-order valence-electron chi connectivity index (χ4n) is 5.18. The minimum atomic E-state index is -0.315. The second kappa shape index (κ2) is 10.5. The monoisotopic (exact) mass is 510 g/mol. The van der Waals surface area contributed by atoms with Crippen LogP contribution in [0.1, 0.15) is 43.7 Å². The first-order valence-corrected chi connectivity index (χ1v) is 12.8. The van der Waals surface area contributed by atoms with Crippen molar-refractivity contribution >= 4 is 16.9 Å². The van der Waals surface area contributed by atoms with Crippen molar-refractivity contribution in [1.82, 2.24) is 0 Å². The molecule has 0 heterocycles. The predicted molar refractivity (Wildman–Crippen MR) is 152 cm³/mol. The molecule has 6 rings (SSSR count). The first-order valence-electron chi connectivity index (χ1n) is 12.8. The molecule has 1 aliphatic carbocycles. The van der Waals surface area contributed by atoms with Crippen LogP contribution in [0, 0.1) is 11.6 Å². The van der Waals surface area contributed by atoms with Crippen LogP contribution in [0.4, 0.5) is 8.78 Å². The highest BCUT2D eigenvalue weighted by Crippen LogP contribution is 2.40. The van der Waals surface area contributed by atoms with Gasteiger partial charge in [-0.2, -0.15) is 0 Å². The van der Waals surface area contributed by atoms with E-state index in [2.05, 4.69) is 18.2 Å². The van der Waals surface area contributed by atoms with Crippen LogP contribution in [-0.4, -0.2) is 5.78 Å². The summed E-state index contributed by atoms with van der Waals surface area (Å²) in [5, 5.41) is 0. The number of hydrogen-bond donors (Lipinski definition) is 0. The summed E-state index contributed by atoms with van der Waals surface area (Å²) >= 11 is 0. The summed E-state index contributed by atoms with van der Waals surface area (Å²) < 4.78 is 27.6. The lowest BCUT2D eigenvalue weighted by Gasteiger charge is -2.12. The fraction of sp³-hybridized carbons (Fsp3) is 0.0278. The molecule has 1 aliphatic rings. The van der Waals surface area contributed by atoms with E-state index >= 15 is 0 Å². The summed E-state index contributed by atoms with van der Waals surface area (Å²) in [7, 11) is 0. The minimum absolute atomic E-state index is 0.0121. The lowest BCUT2D eigenvalue weighted by molar-refractivity contribution is 0.103. The summed E-state index contributed by atoms with van der Waals surface area (Å²) in [6.45, 7) is 0. The van der Waals surface area contributed by atoms with Gasteiger partial charge in [0, 0.05) is 11.1 Å². The van der Waals surface area contributed by atoms with Gasteiger partial charge in [-0.15, -0.1) is 0 Å². The molecule has 0 radical (unpaired) electrons. The van der Waals surface area contributed by atoms with Gasteiger partial charge in [0.2, 0.25) is 0 Å². The Morgan fingerprint density at radius 3 is 1.72 bits per heavy atom. The van der Waals surface area contributed by atoms with Crippen LogP contribution in [0.3, 0.4) is 0 Å². The van der Waals surface area contributed by atoms with Crippen LogP contribution < -0.4 is 0 Å². The molecule has 39 heavy (non-hydrogen) atoms. The van der Waals surface area contributed by atoms with Crippen molar-refractivity contribution in [2.75, 3.05) is 0 Å². The van der Waals surface area contributed by atoms with E-state index in [1.165, 1.54) is 24.3 Å². The summed E-state index contributed by atoms with van der Waals surface area (Å²) in [4.78, 5) is 13.2. The molecule has 5 aromatic rings. The normalized spacial score (nSPS) is 12.3. The molecular formula is C36H24F2O. The van der Waals surface area contributed by atoms with Gasteiger partial charge in [0.1, 0.15) is 11.6 Å². The van der Waals surface area contributed by atoms with Crippen LogP contribution in [0.25, 0.3) is 11.1 Å². The van der Waals surface area contributed by atoms with Crippen molar-refractivity contribution in [2.24, 2.45) is 0 Å². The second-order valence-corrected chi connectivity index (χ2v) is 9.58. The number of ketones is 1. The molecule has 188 valence electrons. The summed E-state index contributed by atoms with van der Waals surface area (Å²) in [5.41, 5.74) is 9.22. The second-order valence-electron chi connectivity index (χ2n) is 9.58. The van der Waals surface area contributed by atoms with Gasteiger partial charge >= 0.3 is 0 Å². The van der Waals surface area contributed by atoms with Gasteiger partial charge in [0.25, 0.3) is 0 Å². The molecule has 0 aromatic heterocycles. The molecule has 0 spiro atoms. The van der Waals surface area contributed by atoms with Crippen molar-refractivity contribution < 1.29 is 13.6 Å². The molecule has 0 amide bonds. The Morgan fingerprint density at radius 2 is 1.13 bits per heavy atom. The maximum absolute atomic E-state index is 13.8. The average molecular weight is 511 g/mol. The Kier molecular flexibility index (Phi) is 6.56. The van der Waals surface area contributed by atoms with E-state index in [1.54, 1.807) is 24.3 Å². The van der Waals surface area contributed by atoms with E-state index in [9.17, 15) is 13.6 Å². The van der Waals surface area contributed by atoms with Crippen LogP contribution >= 0.6 is 0 Å². The van der Waals surface area contributed by atoms with E-state index in [1.807, 2.05) is 66.7 Å². The number of benzene rings is 5. The van der Waals surface area contributed by atoms with E-state index in [0.29, 0.717) is 17.5 Å². The molecule has 0 saturated carbocycles. The zero-order chi connectivity index (χ0) is 26.8. The predicted octanol–water partition coefficient (Wildman–Crippen LogP) is 8.69. The van der Waals surface area contributed by atoms with Gasteiger partial charge in [-0.3, -0.25) is 4.79 Å². The minimum Gasteiger partial charge on any atom is -0.289 e. The highest BCUT2D eigenvalue weighted by molar-refractivity contribution is 6.09. The van der Waals surface area contributed by atoms with Gasteiger partial charge in [-0.25, -0.2) is 8.78 Å². The topological polar surface area (TPSA) is 17.1 Å². The number of halogens is 2. The zero-order valence-corrected chi connectivity index (χ0v) is 21.1. The molecule has 0 fully saturated rings. The highest BCUT2D eigenvalue weighted by atomic mass is 19.1. The standard InChI is InChI=1S/C36H24F2O/c37-31-16-11-24(12-17-31)34(25-13-18-32(38)19-14-25)23-30-22-29-21-28(36(39)27-9-5-2-6-10-27)15-20-33(29)35(30)26-7-3-1-4-8-26/h1-21,23H,22H2. The zero-order valence-electron chi connectivity index (χ0n) is 21.1. The number of carbonyl (C=O) groups excluding carboxylic acids is 1. The number of rotatable bonds is 6. The Labute approximate surface area is 226 Å². The van der Waals surface area contributed by atoms with Crippen molar-refractivity contribution in [1.29, 1.82) is 0 Å². The average Bonchev–Trinajstić information content (AvgIpc) is 3.35. The number of fused-ring (bicyclic) bond motifs is 1. The largest absolute Gasteiger partial charge is 0.289 e. The Bertz CT molecular complexity index is 1670. The van der Waals surface area contributed by atoms with Gasteiger partial charge in [-0.05, 0) is 87.4 Å². The summed E-state index contributed by atoms with van der Waals surface area (Å²) in [6, 6.07) is 38.1. The molecule has 0 aliphatic heterocycles. The Balaban J connectivity index is 1.50. The molecule has 0 atom stereocenters. The summed E-state index contributed by atoms with van der Waals surface area (Å²) in [5.74, 6) is -0.641. The molecule has 0 N–H and O–H groups in total. The van der Waals surface area contributed by atoms with E-state index < -0.39 is 0 Å². The number of allylic oxidation sites excluding steroid dienone is 2. The third-order valence-corrected chi connectivity index (χ3v) is 7.07. The smallest absolute Gasteiger partial charge is 0.193 e. The lowest BCUT2D eigenvalue weighted by atomic mass is 9.92. The molecule has 5 aromatic carbocycles. The molecule has 0 bridgehead atoms. The molecule has 0 unspecified atom stereocenters. The third kappa shape index (κ3) is 4.99. The molecule has 3 heteroatoms. The maximum Gasteiger partial charge on any atom is 0.193 e. The van der Waals surface area contributed by atoms with Crippen molar-refractivity contribution in [3.05, 3.63) is 190 Å². The highest BCUT2D eigenvalue weighted by Gasteiger charge is 2.24. The van der Waals surface area contributed by atoms with Gasteiger partial charge < -0.3 is 0 Å². The Morgan fingerprint density at radius 1 is 0.590 bits per heavy atom. The van der Waals surface area contributed by atoms with E-state index in [4.69, 9.17) is 0 Å². The van der Waals surface area contributed by atoms with Crippen LogP contribution in [-0.2, 0) is 6.42 Å². The van der Waals surface area contributed by atoms with Gasteiger partial charge in [0.15, 0.2) is 5.78 Å². The van der Waals surface area contributed by atoms with Crippen molar-refractivity contribution in [3.63, 3.8) is 0 Å². The van der Waals surface area contributed by atoms with Gasteiger partial charge in [-0.1, -0.05) is 97.1 Å². The third-order valence-electron chi connectivity index (χ3n) is 7.07. The maximum atomic E-state index is 13.8. The van der Waals surface area contributed by atoms with Crippen molar-refractivity contribution in [2.45, 2.75) is 6.42 Å². The van der Waals surface area contributed by atoms with Gasteiger partial charge in [0.05, 0.1) is 0 Å². The van der Waals surface area contributed by atoms with Crippen LogP contribution in [0.15, 0.2) is 139 Å². The molecule has 1 nitrogen and oxygen atoms in total. The first-order chi connectivity index (χ1) is 19.1. The van der Waals surface area contributed by atoms with Crippen LogP contribution in [0.2, 0.25) is 0 Å². The Hall–Kier alpha value is -4.89.